The fourth-order valence-corrected chi connectivity index (χ4v) is 3.12. The number of nitrogens with one attached hydrogen (secondary N) is 1. The molecule has 8 heteroatoms. The number of fused-ring (bicyclic) bond motifs is 1. The van der Waals surface area contributed by atoms with E-state index >= 15 is 0 Å². The lowest BCUT2D eigenvalue weighted by molar-refractivity contribution is -0.125. The number of nitrogens with zero attached hydrogens (tertiary/aromatic N) is 1. The summed E-state index contributed by atoms with van der Waals surface area (Å²) in [4.78, 5) is 38.5. The Morgan fingerprint density at radius 1 is 1.23 bits per heavy atom. The van der Waals surface area contributed by atoms with Gasteiger partial charge >= 0.3 is 0 Å². The molecule has 2 aromatic rings. The van der Waals surface area contributed by atoms with Gasteiger partial charge in [0.05, 0.1) is 5.69 Å². The quantitative estimate of drug-likeness (QED) is 0.487. The van der Waals surface area contributed by atoms with E-state index < -0.39 is 0 Å². The van der Waals surface area contributed by atoms with Crippen molar-refractivity contribution in [2.24, 2.45) is 0 Å². The minimum Gasteiger partial charge on any atom is -0.485 e. The second kappa shape index (κ2) is 10.1. The van der Waals surface area contributed by atoms with Crippen LogP contribution in [-0.2, 0) is 9.59 Å². The van der Waals surface area contributed by atoms with Crippen molar-refractivity contribution in [1.82, 2.24) is 5.32 Å². The molecule has 1 aliphatic heterocycles. The van der Waals surface area contributed by atoms with Crippen molar-refractivity contribution >= 4 is 34.9 Å². The molecule has 0 atom stereocenters. The molecule has 0 unspecified atom stereocenters. The van der Waals surface area contributed by atoms with Crippen LogP contribution in [0.5, 0.6) is 11.5 Å². The van der Waals surface area contributed by atoms with E-state index in [2.05, 4.69) is 5.32 Å². The van der Waals surface area contributed by atoms with E-state index in [1.807, 2.05) is 6.92 Å². The summed E-state index contributed by atoms with van der Waals surface area (Å²) in [6, 6.07) is 11.5. The van der Waals surface area contributed by atoms with Crippen LogP contribution < -0.4 is 19.7 Å². The topological polar surface area (TPSA) is 84.9 Å². The minimum absolute atomic E-state index is 0.129. The molecule has 7 nitrogen and oxygen atoms in total. The third-order valence-electron chi connectivity index (χ3n) is 4.54. The van der Waals surface area contributed by atoms with Gasteiger partial charge in [0.2, 0.25) is 5.91 Å². The maximum absolute atomic E-state index is 12.6. The lowest BCUT2D eigenvalue weighted by atomic mass is 10.1. The van der Waals surface area contributed by atoms with Crippen LogP contribution in [0, 0.1) is 0 Å². The first-order valence-corrected chi connectivity index (χ1v) is 10.1. The van der Waals surface area contributed by atoms with Gasteiger partial charge in [-0.25, -0.2) is 0 Å². The molecule has 2 amide bonds. The Morgan fingerprint density at radius 2 is 2.07 bits per heavy atom. The summed E-state index contributed by atoms with van der Waals surface area (Å²) < 4.78 is 10.9. The molecule has 1 heterocycles. The zero-order valence-electron chi connectivity index (χ0n) is 16.7. The average Bonchev–Trinajstić information content (AvgIpc) is 2.74. The van der Waals surface area contributed by atoms with E-state index in [0.717, 1.165) is 12.8 Å². The van der Waals surface area contributed by atoms with Crippen molar-refractivity contribution in [1.29, 1.82) is 0 Å². The fourth-order valence-electron chi connectivity index (χ4n) is 2.94. The van der Waals surface area contributed by atoms with E-state index in [9.17, 15) is 14.4 Å². The zero-order chi connectivity index (χ0) is 21.5. The molecule has 0 aromatic heterocycles. The Hall–Kier alpha value is -3.06. The third kappa shape index (κ3) is 5.51. The highest BCUT2D eigenvalue weighted by molar-refractivity contribution is 6.30. The highest BCUT2D eigenvalue weighted by Crippen LogP contribution is 2.33. The number of carbonyl (C=O) groups is 3. The van der Waals surface area contributed by atoms with E-state index in [1.165, 1.54) is 4.90 Å². The van der Waals surface area contributed by atoms with Crippen molar-refractivity contribution in [2.45, 2.75) is 19.8 Å². The Labute approximate surface area is 179 Å². The number of ketones is 1. The Bertz CT molecular complexity index is 947. The number of halogens is 1. The van der Waals surface area contributed by atoms with Crippen molar-refractivity contribution < 1.29 is 23.9 Å². The summed E-state index contributed by atoms with van der Waals surface area (Å²) in [6.45, 7) is 2.12. The van der Waals surface area contributed by atoms with Gasteiger partial charge in [0.25, 0.3) is 5.91 Å². The lowest BCUT2D eigenvalue weighted by Gasteiger charge is -2.29. The SMILES string of the molecule is CCCCNC(=O)CN1C(=O)COc2ccc(C(=O)COc3cccc(Cl)c3)cc21. The number of hydrogen-bond donors (Lipinski definition) is 1. The molecule has 0 fully saturated rings. The van der Waals surface area contributed by atoms with Gasteiger partial charge in [0.1, 0.15) is 18.0 Å². The molecular weight excluding hydrogens is 408 g/mol. The van der Waals surface area contributed by atoms with Crippen molar-refractivity contribution in [3.05, 3.63) is 53.1 Å². The summed E-state index contributed by atoms with van der Waals surface area (Å²) in [6.07, 6.45) is 1.83. The van der Waals surface area contributed by atoms with Gasteiger partial charge in [0.15, 0.2) is 19.0 Å². The van der Waals surface area contributed by atoms with E-state index in [0.29, 0.717) is 34.3 Å². The van der Waals surface area contributed by atoms with Crippen LogP contribution in [0.3, 0.4) is 0 Å². The fraction of sp³-hybridized carbons (Fsp3) is 0.318. The number of anilines is 1. The predicted octanol–water partition coefficient (Wildman–Crippen LogP) is 3.24. The molecule has 0 saturated carbocycles. The number of carbonyl (C=O) groups excluding carboxylic acids is 3. The summed E-state index contributed by atoms with van der Waals surface area (Å²) in [5.41, 5.74) is 0.746. The van der Waals surface area contributed by atoms with Gasteiger partial charge in [-0.15, -0.1) is 0 Å². The molecule has 3 rings (SSSR count). The number of benzene rings is 2. The number of hydrogen-bond acceptors (Lipinski definition) is 5. The largest absolute Gasteiger partial charge is 0.485 e. The second-order valence-electron chi connectivity index (χ2n) is 6.82. The first-order chi connectivity index (χ1) is 14.5. The van der Waals surface area contributed by atoms with Crippen LogP contribution in [0.2, 0.25) is 5.02 Å². The summed E-state index contributed by atoms with van der Waals surface area (Å²) in [5.74, 6) is 0.0581. The average molecular weight is 431 g/mol. The molecule has 30 heavy (non-hydrogen) atoms. The standard InChI is InChI=1S/C22H23ClN2O5/c1-2-3-9-24-21(27)12-25-18-10-15(7-8-20(18)30-14-22(25)28)19(26)13-29-17-6-4-5-16(23)11-17/h4-8,10-11H,2-3,9,12-14H2,1H3,(H,24,27). The molecule has 1 aliphatic rings. The van der Waals surface area contributed by atoms with Crippen LogP contribution in [0.1, 0.15) is 30.1 Å². The molecule has 1 N–H and O–H groups in total. The molecule has 0 bridgehead atoms. The monoisotopic (exact) mass is 430 g/mol. The molecule has 0 saturated heterocycles. The molecule has 0 spiro atoms. The Balaban J connectivity index is 1.71. The smallest absolute Gasteiger partial charge is 0.265 e. The normalized spacial score (nSPS) is 12.7. The Kier molecular flexibility index (Phi) is 7.30. The highest BCUT2D eigenvalue weighted by atomic mass is 35.5. The first-order valence-electron chi connectivity index (χ1n) is 9.73. The molecule has 2 aromatic carbocycles. The van der Waals surface area contributed by atoms with E-state index in [1.54, 1.807) is 42.5 Å². The van der Waals surface area contributed by atoms with Gasteiger partial charge < -0.3 is 14.8 Å². The summed E-state index contributed by atoms with van der Waals surface area (Å²) in [7, 11) is 0. The number of amides is 2. The van der Waals surface area contributed by atoms with Gasteiger partial charge in [-0.3, -0.25) is 19.3 Å². The second-order valence-corrected chi connectivity index (χ2v) is 7.26. The summed E-state index contributed by atoms with van der Waals surface area (Å²) in [5, 5.41) is 3.30. The summed E-state index contributed by atoms with van der Waals surface area (Å²) >= 11 is 5.92. The number of Topliss-reactive ketones (excluding diaryl/α,β-unsaturated/α-hetero) is 1. The van der Waals surface area contributed by atoms with Crippen LogP contribution in [0.15, 0.2) is 42.5 Å². The molecule has 0 radical (unpaired) electrons. The van der Waals surface area contributed by atoms with Crippen molar-refractivity contribution in [3.63, 3.8) is 0 Å². The molecular formula is C22H23ClN2O5. The number of rotatable bonds is 9. The lowest BCUT2D eigenvalue weighted by Crippen LogP contribution is -2.45. The maximum atomic E-state index is 12.6. The van der Waals surface area contributed by atoms with Crippen molar-refractivity contribution in [3.8, 4) is 11.5 Å². The Morgan fingerprint density at radius 3 is 2.83 bits per heavy atom. The van der Waals surface area contributed by atoms with Gasteiger partial charge in [0, 0.05) is 17.1 Å². The molecule has 158 valence electrons. The first kappa shape index (κ1) is 21.6. The van der Waals surface area contributed by atoms with Crippen LogP contribution >= 0.6 is 11.6 Å². The van der Waals surface area contributed by atoms with E-state index in [4.69, 9.17) is 21.1 Å². The number of unbranched alkanes of at least 4 members (excludes halogenated alkanes) is 1. The van der Waals surface area contributed by atoms with Crippen LogP contribution in [0.25, 0.3) is 0 Å². The highest BCUT2D eigenvalue weighted by Gasteiger charge is 2.28. The maximum Gasteiger partial charge on any atom is 0.265 e. The van der Waals surface area contributed by atoms with Crippen LogP contribution in [-0.4, -0.2) is 43.9 Å². The number of ether oxygens (including phenoxy) is 2. The van der Waals surface area contributed by atoms with E-state index in [-0.39, 0.29) is 37.4 Å². The van der Waals surface area contributed by atoms with Crippen LogP contribution in [0.4, 0.5) is 5.69 Å². The minimum atomic E-state index is -0.340. The molecule has 0 aliphatic carbocycles. The predicted molar refractivity (Wildman–Crippen MR) is 113 cm³/mol. The van der Waals surface area contributed by atoms with Gasteiger partial charge in [-0.05, 0) is 42.8 Å². The van der Waals surface area contributed by atoms with Gasteiger partial charge in [-0.1, -0.05) is 31.0 Å². The van der Waals surface area contributed by atoms with Gasteiger partial charge in [-0.2, -0.15) is 0 Å². The van der Waals surface area contributed by atoms with Crippen molar-refractivity contribution in [2.75, 3.05) is 31.2 Å². The zero-order valence-corrected chi connectivity index (χ0v) is 17.4. The third-order valence-corrected chi connectivity index (χ3v) is 4.78.